The second kappa shape index (κ2) is 12.5. The quantitative estimate of drug-likeness (QED) is 0.421. The smallest absolute Gasteiger partial charge is 0.340 e. The Labute approximate surface area is 181 Å². The predicted molar refractivity (Wildman–Crippen MR) is 110 cm³/mol. The maximum absolute atomic E-state index is 12.6. The number of aliphatic hydroxyl groups excluding tert-OH is 1. The van der Waals surface area contributed by atoms with E-state index in [-0.39, 0.29) is 55.2 Å². The molecule has 0 aliphatic rings. The molecular formula is C19H25N5O6S. The number of benzene rings is 1. The number of rotatable bonds is 12. The number of nitrogens with one attached hydrogen (secondary N) is 1. The first-order valence-electron chi connectivity index (χ1n) is 9.29. The van der Waals surface area contributed by atoms with Crippen molar-refractivity contribution in [3.63, 3.8) is 0 Å². The molecule has 0 aromatic heterocycles. The summed E-state index contributed by atoms with van der Waals surface area (Å²) >= 11 is 0. The van der Waals surface area contributed by atoms with Crippen molar-refractivity contribution in [1.29, 1.82) is 10.5 Å². The lowest BCUT2D eigenvalue weighted by Crippen LogP contribution is -2.36. The molecule has 1 aromatic rings. The SMILES string of the molecule is CN(C)S(=O)(=O)c1ccc(NCCO)c(C(=O)OCC(=O)N(CCC#N)CCC#N)c1. The van der Waals surface area contributed by atoms with Crippen molar-refractivity contribution in [2.24, 2.45) is 0 Å². The zero-order chi connectivity index (χ0) is 23.4. The number of hydrogen-bond donors (Lipinski definition) is 2. The van der Waals surface area contributed by atoms with Crippen molar-refractivity contribution in [3.8, 4) is 12.1 Å². The molecule has 0 saturated heterocycles. The zero-order valence-corrected chi connectivity index (χ0v) is 18.2. The summed E-state index contributed by atoms with van der Waals surface area (Å²) < 4.78 is 30.8. The molecule has 0 bridgehead atoms. The molecule has 1 rings (SSSR count). The average molecular weight is 452 g/mol. The molecule has 12 heteroatoms. The molecular weight excluding hydrogens is 426 g/mol. The Morgan fingerprint density at radius 3 is 2.29 bits per heavy atom. The third kappa shape index (κ3) is 7.53. The van der Waals surface area contributed by atoms with Crippen molar-refractivity contribution in [1.82, 2.24) is 9.21 Å². The molecule has 0 heterocycles. The lowest BCUT2D eigenvalue weighted by Gasteiger charge is -2.20. The number of ether oxygens (including phenoxy) is 1. The van der Waals surface area contributed by atoms with Crippen LogP contribution in [0.4, 0.5) is 5.69 Å². The minimum atomic E-state index is -3.82. The fourth-order valence-corrected chi connectivity index (χ4v) is 3.36. The molecule has 0 unspecified atom stereocenters. The number of aliphatic hydroxyl groups is 1. The monoisotopic (exact) mass is 451 g/mol. The van der Waals surface area contributed by atoms with Gasteiger partial charge in [-0.3, -0.25) is 4.79 Å². The highest BCUT2D eigenvalue weighted by molar-refractivity contribution is 7.89. The third-order valence-electron chi connectivity index (χ3n) is 4.08. The summed E-state index contributed by atoms with van der Waals surface area (Å²) in [4.78, 5) is 26.1. The van der Waals surface area contributed by atoms with Crippen molar-refractivity contribution >= 4 is 27.6 Å². The summed E-state index contributed by atoms with van der Waals surface area (Å²) in [5, 5.41) is 29.2. The van der Waals surface area contributed by atoms with E-state index >= 15 is 0 Å². The molecule has 0 fully saturated rings. The van der Waals surface area contributed by atoms with E-state index in [0.29, 0.717) is 0 Å². The van der Waals surface area contributed by atoms with Gasteiger partial charge in [-0.2, -0.15) is 10.5 Å². The fourth-order valence-electron chi connectivity index (χ4n) is 2.44. The van der Waals surface area contributed by atoms with Gasteiger partial charge in [0.05, 0.1) is 42.0 Å². The van der Waals surface area contributed by atoms with E-state index in [9.17, 15) is 18.0 Å². The highest BCUT2D eigenvalue weighted by Gasteiger charge is 2.23. The number of hydrogen-bond acceptors (Lipinski definition) is 9. The maximum Gasteiger partial charge on any atom is 0.340 e. The fraction of sp³-hybridized carbons (Fsp3) is 0.474. The van der Waals surface area contributed by atoms with Crippen LogP contribution in [-0.2, 0) is 19.6 Å². The molecule has 2 N–H and O–H groups in total. The molecule has 11 nitrogen and oxygen atoms in total. The Kier molecular flexibility index (Phi) is 10.4. The van der Waals surface area contributed by atoms with Crippen LogP contribution in [0.3, 0.4) is 0 Å². The Morgan fingerprint density at radius 1 is 1.16 bits per heavy atom. The van der Waals surface area contributed by atoms with E-state index in [2.05, 4.69) is 5.32 Å². The van der Waals surface area contributed by atoms with Gasteiger partial charge < -0.3 is 20.1 Å². The standard InChI is InChI=1S/C19H25N5O6S/c1-23(2)31(28,29)15-5-6-17(22-9-12-25)16(13-15)19(27)30-14-18(26)24(10-3-7-20)11-4-8-21/h5-6,13,22,25H,3-4,9-12,14H2,1-2H3. The van der Waals surface area contributed by atoms with E-state index in [1.54, 1.807) is 0 Å². The lowest BCUT2D eigenvalue weighted by molar-refractivity contribution is -0.134. The number of nitrogens with zero attached hydrogens (tertiary/aromatic N) is 4. The highest BCUT2D eigenvalue weighted by Crippen LogP contribution is 2.23. The van der Waals surface area contributed by atoms with Crippen LogP contribution >= 0.6 is 0 Å². The second-order valence-electron chi connectivity index (χ2n) is 6.42. The Balaban J connectivity index is 3.07. The van der Waals surface area contributed by atoms with Gasteiger partial charge in [0.25, 0.3) is 5.91 Å². The van der Waals surface area contributed by atoms with E-state index in [4.69, 9.17) is 20.4 Å². The van der Waals surface area contributed by atoms with Gasteiger partial charge >= 0.3 is 5.97 Å². The molecule has 0 saturated carbocycles. The number of anilines is 1. The number of sulfonamides is 1. The third-order valence-corrected chi connectivity index (χ3v) is 5.89. The molecule has 1 aromatic carbocycles. The van der Waals surface area contributed by atoms with Crippen molar-refractivity contribution < 1.29 is 27.9 Å². The van der Waals surface area contributed by atoms with Crippen molar-refractivity contribution in [3.05, 3.63) is 23.8 Å². The first kappa shape index (κ1) is 25.8. The van der Waals surface area contributed by atoms with E-state index in [0.717, 1.165) is 10.4 Å². The van der Waals surface area contributed by atoms with Crippen molar-refractivity contribution in [2.45, 2.75) is 17.7 Å². The molecule has 0 radical (unpaired) electrons. The Bertz CT molecular complexity index is 947. The predicted octanol–water partition coefficient (Wildman–Crippen LogP) is 0.154. The summed E-state index contributed by atoms with van der Waals surface area (Å²) in [7, 11) is -1.13. The van der Waals surface area contributed by atoms with Crippen LogP contribution in [0.1, 0.15) is 23.2 Å². The first-order chi connectivity index (χ1) is 14.7. The van der Waals surface area contributed by atoms with Crippen LogP contribution < -0.4 is 5.32 Å². The highest BCUT2D eigenvalue weighted by atomic mass is 32.2. The molecule has 0 aliphatic carbocycles. The van der Waals surface area contributed by atoms with Gasteiger partial charge in [-0.1, -0.05) is 0 Å². The van der Waals surface area contributed by atoms with Gasteiger partial charge in [0, 0.05) is 39.4 Å². The minimum Gasteiger partial charge on any atom is -0.452 e. The summed E-state index contributed by atoms with van der Waals surface area (Å²) in [6.07, 6.45) is 0.121. The molecule has 168 valence electrons. The maximum atomic E-state index is 12.6. The summed E-state index contributed by atoms with van der Waals surface area (Å²) in [6, 6.07) is 7.61. The number of amides is 1. The first-order valence-corrected chi connectivity index (χ1v) is 10.7. The Hall–Kier alpha value is -3.19. The number of carbonyl (C=O) groups is 2. The summed E-state index contributed by atoms with van der Waals surface area (Å²) in [5.41, 5.74) is 0.111. The van der Waals surface area contributed by atoms with Crippen LogP contribution in [-0.4, -0.2) is 81.5 Å². The number of esters is 1. The molecule has 0 atom stereocenters. The van der Waals surface area contributed by atoms with E-state index in [1.807, 2.05) is 12.1 Å². The second-order valence-corrected chi connectivity index (χ2v) is 8.57. The number of nitriles is 2. The van der Waals surface area contributed by atoms with Gasteiger partial charge in [-0.15, -0.1) is 0 Å². The van der Waals surface area contributed by atoms with Crippen molar-refractivity contribution in [2.75, 3.05) is 52.3 Å². The van der Waals surface area contributed by atoms with Crippen LogP contribution in [0.2, 0.25) is 0 Å². The molecule has 0 aliphatic heterocycles. The minimum absolute atomic E-state index is 0.0603. The number of carbonyl (C=O) groups excluding carboxylic acids is 2. The van der Waals surface area contributed by atoms with Crippen LogP contribution in [0, 0.1) is 22.7 Å². The van der Waals surface area contributed by atoms with Gasteiger partial charge in [-0.05, 0) is 18.2 Å². The van der Waals surface area contributed by atoms with Crippen LogP contribution in [0.15, 0.2) is 23.1 Å². The Morgan fingerprint density at radius 2 is 1.77 bits per heavy atom. The summed E-state index contributed by atoms with van der Waals surface area (Å²) in [5.74, 6) is -1.52. The van der Waals surface area contributed by atoms with Gasteiger partial charge in [0.2, 0.25) is 10.0 Å². The van der Waals surface area contributed by atoms with Gasteiger partial charge in [-0.25, -0.2) is 17.5 Å². The van der Waals surface area contributed by atoms with E-state index in [1.165, 1.54) is 31.1 Å². The van der Waals surface area contributed by atoms with E-state index < -0.39 is 28.5 Å². The average Bonchev–Trinajstić information content (AvgIpc) is 2.75. The van der Waals surface area contributed by atoms with Crippen LogP contribution in [0.5, 0.6) is 0 Å². The molecule has 31 heavy (non-hydrogen) atoms. The molecule has 0 spiro atoms. The lowest BCUT2D eigenvalue weighted by atomic mass is 10.2. The summed E-state index contributed by atoms with van der Waals surface area (Å²) in [6.45, 7) is -0.574. The van der Waals surface area contributed by atoms with Gasteiger partial charge in [0.1, 0.15) is 0 Å². The largest absolute Gasteiger partial charge is 0.452 e. The van der Waals surface area contributed by atoms with Crippen LogP contribution in [0.25, 0.3) is 0 Å². The molecule has 1 amide bonds. The topological polar surface area (TPSA) is 164 Å². The van der Waals surface area contributed by atoms with Gasteiger partial charge in [0.15, 0.2) is 6.61 Å². The zero-order valence-electron chi connectivity index (χ0n) is 17.4. The normalized spacial score (nSPS) is 10.8.